The first-order valence-corrected chi connectivity index (χ1v) is 4.77. The van der Waals surface area contributed by atoms with E-state index in [-0.39, 0.29) is 0 Å². The third kappa shape index (κ3) is 3.16. The van der Waals surface area contributed by atoms with Crippen LogP contribution >= 0.6 is 0 Å². The van der Waals surface area contributed by atoms with Crippen molar-refractivity contribution in [2.75, 3.05) is 18.6 Å². The Bertz CT molecular complexity index is 304. The second kappa shape index (κ2) is 5.90. The molecule has 1 rings (SSSR count). The van der Waals surface area contributed by atoms with E-state index in [1.165, 1.54) is 24.7 Å². The molecule has 6 nitrogen and oxygen atoms in total. The van der Waals surface area contributed by atoms with Crippen molar-refractivity contribution < 1.29 is 9.53 Å². The Kier molecular flexibility index (Phi) is 4.46. The predicted molar refractivity (Wildman–Crippen MR) is 54.5 cm³/mol. The topological polar surface area (TPSA) is 68.2 Å². The average Bonchev–Trinajstić information content (AvgIpc) is 2.30. The van der Waals surface area contributed by atoms with Gasteiger partial charge in [-0.1, -0.05) is 13.3 Å². The van der Waals surface area contributed by atoms with Gasteiger partial charge in [0, 0.05) is 6.54 Å². The fourth-order valence-corrected chi connectivity index (χ4v) is 1.07. The van der Waals surface area contributed by atoms with Crippen LogP contribution in [0.2, 0.25) is 0 Å². The molecule has 82 valence electrons. The van der Waals surface area contributed by atoms with Crippen molar-refractivity contribution in [2.45, 2.75) is 19.8 Å². The fraction of sp³-hybridized carbons (Fsp3) is 0.556. The SMILES string of the molecule is CCCCN(C(=O)OC)c1ncncn1. The fourth-order valence-electron chi connectivity index (χ4n) is 1.07. The molecule has 0 spiro atoms. The standard InChI is InChI=1S/C9H14N4O2/c1-3-4-5-13(9(14)15-2)8-11-6-10-7-12-8/h6-7H,3-5H2,1-2H3. The first-order chi connectivity index (χ1) is 7.29. The monoisotopic (exact) mass is 210 g/mol. The second-order valence-corrected chi connectivity index (χ2v) is 2.91. The molecule has 0 aliphatic carbocycles. The summed E-state index contributed by atoms with van der Waals surface area (Å²) in [4.78, 5) is 24.3. The van der Waals surface area contributed by atoms with Gasteiger partial charge in [-0.25, -0.2) is 24.6 Å². The maximum atomic E-state index is 11.4. The Morgan fingerprint density at radius 1 is 1.47 bits per heavy atom. The summed E-state index contributed by atoms with van der Waals surface area (Å²) in [6.07, 6.45) is 4.11. The third-order valence-corrected chi connectivity index (χ3v) is 1.85. The average molecular weight is 210 g/mol. The van der Waals surface area contributed by atoms with Gasteiger partial charge >= 0.3 is 6.09 Å². The highest BCUT2D eigenvalue weighted by Gasteiger charge is 2.17. The van der Waals surface area contributed by atoms with Crippen LogP contribution in [0, 0.1) is 0 Å². The number of carbonyl (C=O) groups is 1. The number of hydrogen-bond acceptors (Lipinski definition) is 5. The van der Waals surface area contributed by atoms with E-state index in [9.17, 15) is 4.79 Å². The molecule has 0 aromatic carbocycles. The van der Waals surface area contributed by atoms with Crippen molar-refractivity contribution >= 4 is 12.0 Å². The molecule has 0 saturated carbocycles. The Morgan fingerprint density at radius 3 is 2.67 bits per heavy atom. The van der Waals surface area contributed by atoms with E-state index < -0.39 is 6.09 Å². The number of rotatable bonds is 4. The van der Waals surface area contributed by atoms with Crippen molar-refractivity contribution in [1.82, 2.24) is 15.0 Å². The van der Waals surface area contributed by atoms with Crippen molar-refractivity contribution in [2.24, 2.45) is 0 Å². The van der Waals surface area contributed by atoms with E-state index in [4.69, 9.17) is 0 Å². The lowest BCUT2D eigenvalue weighted by molar-refractivity contribution is 0.178. The minimum absolute atomic E-state index is 0.324. The molecule has 6 heteroatoms. The number of amides is 1. The molecule has 0 aliphatic heterocycles. The van der Waals surface area contributed by atoms with Gasteiger partial charge in [0.15, 0.2) is 0 Å². The van der Waals surface area contributed by atoms with Gasteiger partial charge in [0.1, 0.15) is 12.7 Å². The van der Waals surface area contributed by atoms with Crippen molar-refractivity contribution in [3.63, 3.8) is 0 Å². The summed E-state index contributed by atoms with van der Waals surface area (Å²) >= 11 is 0. The Labute approximate surface area is 88.3 Å². The molecular weight excluding hydrogens is 196 g/mol. The third-order valence-electron chi connectivity index (χ3n) is 1.85. The van der Waals surface area contributed by atoms with Crippen LogP contribution in [0.4, 0.5) is 10.7 Å². The number of hydrogen-bond donors (Lipinski definition) is 0. The van der Waals surface area contributed by atoms with Gasteiger partial charge in [0.05, 0.1) is 7.11 Å². The van der Waals surface area contributed by atoms with Crippen LogP contribution in [0.5, 0.6) is 0 Å². The van der Waals surface area contributed by atoms with Gasteiger partial charge in [-0.05, 0) is 6.42 Å². The van der Waals surface area contributed by atoms with Crippen LogP contribution in [0.3, 0.4) is 0 Å². The lowest BCUT2D eigenvalue weighted by Gasteiger charge is -2.17. The Balaban J connectivity index is 2.76. The maximum Gasteiger partial charge on any atom is 0.416 e. The highest BCUT2D eigenvalue weighted by atomic mass is 16.5. The van der Waals surface area contributed by atoms with Crippen LogP contribution < -0.4 is 4.90 Å². The van der Waals surface area contributed by atoms with Crippen molar-refractivity contribution in [3.05, 3.63) is 12.7 Å². The first kappa shape index (κ1) is 11.4. The number of nitrogens with zero attached hydrogens (tertiary/aromatic N) is 4. The Morgan fingerprint density at radius 2 is 2.13 bits per heavy atom. The lowest BCUT2D eigenvalue weighted by atomic mass is 10.3. The maximum absolute atomic E-state index is 11.4. The minimum atomic E-state index is -0.449. The summed E-state index contributed by atoms with van der Waals surface area (Å²) in [5.41, 5.74) is 0. The number of anilines is 1. The van der Waals surface area contributed by atoms with E-state index >= 15 is 0 Å². The second-order valence-electron chi connectivity index (χ2n) is 2.91. The van der Waals surface area contributed by atoms with Gasteiger partial charge < -0.3 is 4.74 Å². The summed E-state index contributed by atoms with van der Waals surface area (Å²) in [6, 6.07) is 0. The molecule has 0 unspecified atom stereocenters. The van der Waals surface area contributed by atoms with E-state index in [0.29, 0.717) is 12.5 Å². The molecule has 15 heavy (non-hydrogen) atoms. The molecular formula is C9H14N4O2. The van der Waals surface area contributed by atoms with E-state index in [1.54, 1.807) is 0 Å². The molecule has 0 bridgehead atoms. The number of methoxy groups -OCH3 is 1. The first-order valence-electron chi connectivity index (χ1n) is 4.77. The minimum Gasteiger partial charge on any atom is -0.452 e. The van der Waals surface area contributed by atoms with Crippen LogP contribution in [0.15, 0.2) is 12.7 Å². The van der Waals surface area contributed by atoms with Gasteiger partial charge in [-0.15, -0.1) is 0 Å². The van der Waals surface area contributed by atoms with Crippen LogP contribution in [-0.2, 0) is 4.74 Å². The summed E-state index contributed by atoms with van der Waals surface area (Å²) in [7, 11) is 1.34. The quantitative estimate of drug-likeness (QED) is 0.748. The van der Waals surface area contributed by atoms with Gasteiger partial charge in [0.2, 0.25) is 5.95 Å². The van der Waals surface area contributed by atoms with E-state index in [2.05, 4.69) is 19.7 Å². The summed E-state index contributed by atoms with van der Waals surface area (Å²) in [5, 5.41) is 0. The molecule has 0 atom stereocenters. The number of aromatic nitrogens is 3. The Hall–Kier alpha value is -1.72. The molecule has 1 aromatic rings. The number of carbonyl (C=O) groups excluding carboxylic acids is 1. The zero-order chi connectivity index (χ0) is 11.1. The number of ether oxygens (including phenoxy) is 1. The molecule has 0 aliphatic rings. The molecule has 1 amide bonds. The normalized spacial score (nSPS) is 9.73. The van der Waals surface area contributed by atoms with Gasteiger partial charge in [-0.2, -0.15) is 0 Å². The lowest BCUT2D eigenvalue weighted by Crippen LogP contribution is -2.33. The summed E-state index contributed by atoms with van der Waals surface area (Å²) in [5.74, 6) is 0.324. The zero-order valence-electron chi connectivity index (χ0n) is 8.88. The largest absolute Gasteiger partial charge is 0.452 e. The number of unbranched alkanes of at least 4 members (excludes halogenated alkanes) is 1. The summed E-state index contributed by atoms with van der Waals surface area (Å²) in [6.45, 7) is 2.59. The zero-order valence-corrected chi connectivity index (χ0v) is 8.88. The molecule has 0 radical (unpaired) electrons. The molecule has 1 aromatic heterocycles. The van der Waals surface area contributed by atoms with E-state index in [0.717, 1.165) is 12.8 Å². The summed E-state index contributed by atoms with van der Waals surface area (Å²) < 4.78 is 4.65. The van der Waals surface area contributed by atoms with Crippen LogP contribution in [-0.4, -0.2) is 34.7 Å². The highest BCUT2D eigenvalue weighted by Crippen LogP contribution is 2.07. The van der Waals surface area contributed by atoms with Gasteiger partial charge in [-0.3, -0.25) is 0 Å². The van der Waals surface area contributed by atoms with Crippen molar-refractivity contribution in [1.29, 1.82) is 0 Å². The van der Waals surface area contributed by atoms with Crippen LogP contribution in [0.25, 0.3) is 0 Å². The molecule has 0 saturated heterocycles. The van der Waals surface area contributed by atoms with Crippen LogP contribution in [0.1, 0.15) is 19.8 Å². The molecule has 1 heterocycles. The predicted octanol–water partition coefficient (Wildman–Crippen LogP) is 1.24. The molecule has 0 fully saturated rings. The molecule has 0 N–H and O–H groups in total. The van der Waals surface area contributed by atoms with Gasteiger partial charge in [0.25, 0.3) is 0 Å². The highest BCUT2D eigenvalue weighted by molar-refractivity contribution is 5.84. The van der Waals surface area contributed by atoms with E-state index in [1.807, 2.05) is 6.92 Å². The smallest absolute Gasteiger partial charge is 0.416 e. The van der Waals surface area contributed by atoms with Crippen molar-refractivity contribution in [3.8, 4) is 0 Å².